The molecule has 2 aromatic heterocycles. The van der Waals surface area contributed by atoms with Crippen molar-refractivity contribution < 1.29 is 4.74 Å². The first kappa shape index (κ1) is 13.0. The third kappa shape index (κ3) is 2.50. The second-order valence-corrected chi connectivity index (χ2v) is 4.46. The minimum atomic E-state index is -0.318. The summed E-state index contributed by atoms with van der Waals surface area (Å²) in [5, 5.41) is 9.39. The molecule has 4 N–H and O–H groups in total. The van der Waals surface area contributed by atoms with Crippen LogP contribution in [0.2, 0.25) is 0 Å². The zero-order valence-corrected chi connectivity index (χ0v) is 11.3. The average Bonchev–Trinajstić information content (AvgIpc) is 2.86. The zero-order valence-electron chi connectivity index (χ0n) is 11.3. The van der Waals surface area contributed by atoms with Gasteiger partial charge in [0, 0.05) is 23.9 Å². The van der Waals surface area contributed by atoms with Crippen LogP contribution in [-0.4, -0.2) is 26.7 Å². The molecule has 0 amide bonds. The van der Waals surface area contributed by atoms with E-state index in [-0.39, 0.29) is 5.69 Å². The summed E-state index contributed by atoms with van der Waals surface area (Å²) in [6, 6.07) is 7.11. The number of hydrogen-bond acceptors (Lipinski definition) is 6. The highest BCUT2D eigenvalue weighted by atomic mass is 16.5. The molecular weight excluding hydrogens is 272 g/mol. The minimum absolute atomic E-state index is 0.318. The van der Waals surface area contributed by atoms with Crippen LogP contribution in [0.15, 0.2) is 35.4 Å². The van der Waals surface area contributed by atoms with Crippen molar-refractivity contribution in [3.8, 4) is 5.75 Å². The SMILES string of the molecule is COc1ccc(N)cc1CNc1cc2n[nH]c(=O)n2cn1. The molecule has 1 aromatic carbocycles. The van der Waals surface area contributed by atoms with Gasteiger partial charge in [-0.05, 0) is 18.2 Å². The van der Waals surface area contributed by atoms with Crippen LogP contribution in [0, 0.1) is 0 Å². The lowest BCUT2D eigenvalue weighted by atomic mass is 10.2. The number of ether oxygens (including phenoxy) is 1. The zero-order chi connectivity index (χ0) is 14.8. The summed E-state index contributed by atoms with van der Waals surface area (Å²) in [6.07, 6.45) is 1.42. The van der Waals surface area contributed by atoms with Gasteiger partial charge in [0.1, 0.15) is 17.9 Å². The summed E-state index contributed by atoms with van der Waals surface area (Å²) < 4.78 is 6.61. The standard InChI is InChI=1S/C13H14N6O2/c1-21-10-3-2-9(14)4-8(10)6-15-11-5-12-17-18-13(20)19(12)7-16-11/h2-5,7,15H,6,14H2,1H3,(H,18,20). The van der Waals surface area contributed by atoms with E-state index in [4.69, 9.17) is 10.5 Å². The van der Waals surface area contributed by atoms with Crippen LogP contribution < -0.4 is 21.5 Å². The van der Waals surface area contributed by atoms with Gasteiger partial charge in [-0.25, -0.2) is 19.3 Å². The van der Waals surface area contributed by atoms with Crippen molar-refractivity contribution in [1.29, 1.82) is 0 Å². The van der Waals surface area contributed by atoms with Crippen LogP contribution in [0.1, 0.15) is 5.56 Å². The maximum atomic E-state index is 11.3. The molecule has 108 valence electrons. The van der Waals surface area contributed by atoms with Gasteiger partial charge in [-0.3, -0.25) is 0 Å². The molecular formula is C13H14N6O2. The Balaban J connectivity index is 1.83. The van der Waals surface area contributed by atoms with E-state index in [0.29, 0.717) is 23.7 Å². The number of H-pyrrole nitrogens is 1. The monoisotopic (exact) mass is 286 g/mol. The highest BCUT2D eigenvalue weighted by Crippen LogP contribution is 2.21. The first-order valence-electron chi connectivity index (χ1n) is 6.26. The number of aromatic nitrogens is 4. The molecule has 0 saturated carbocycles. The number of aromatic amines is 1. The van der Waals surface area contributed by atoms with Crippen molar-refractivity contribution in [2.75, 3.05) is 18.2 Å². The van der Waals surface area contributed by atoms with Gasteiger partial charge >= 0.3 is 5.69 Å². The lowest BCUT2D eigenvalue weighted by molar-refractivity contribution is 0.410. The Kier molecular flexibility index (Phi) is 3.19. The molecule has 0 aliphatic carbocycles. The molecule has 0 unspecified atom stereocenters. The van der Waals surface area contributed by atoms with Gasteiger partial charge in [-0.1, -0.05) is 0 Å². The molecule has 0 spiro atoms. The Labute approximate surface area is 119 Å². The third-order valence-electron chi connectivity index (χ3n) is 3.07. The molecule has 0 aliphatic heterocycles. The number of fused-ring (bicyclic) bond motifs is 1. The highest BCUT2D eigenvalue weighted by molar-refractivity contribution is 5.51. The molecule has 8 heteroatoms. The largest absolute Gasteiger partial charge is 0.496 e. The van der Waals surface area contributed by atoms with E-state index in [2.05, 4.69) is 20.5 Å². The summed E-state index contributed by atoms with van der Waals surface area (Å²) >= 11 is 0. The van der Waals surface area contributed by atoms with Crippen LogP contribution in [0.25, 0.3) is 5.65 Å². The van der Waals surface area contributed by atoms with Crippen molar-refractivity contribution in [1.82, 2.24) is 19.6 Å². The topological polar surface area (TPSA) is 110 Å². The second kappa shape index (κ2) is 5.16. The number of anilines is 2. The Morgan fingerprint density at radius 3 is 3.10 bits per heavy atom. The lowest BCUT2D eigenvalue weighted by Crippen LogP contribution is -2.10. The van der Waals surface area contributed by atoms with Crippen molar-refractivity contribution in [3.05, 3.63) is 46.6 Å². The Morgan fingerprint density at radius 1 is 1.43 bits per heavy atom. The first-order chi connectivity index (χ1) is 10.2. The number of nitrogens with zero attached hydrogens (tertiary/aromatic N) is 3. The fourth-order valence-corrected chi connectivity index (χ4v) is 2.03. The summed E-state index contributed by atoms with van der Waals surface area (Å²) in [4.78, 5) is 15.5. The van der Waals surface area contributed by atoms with E-state index in [1.165, 1.54) is 10.7 Å². The van der Waals surface area contributed by atoms with Crippen LogP contribution in [0.5, 0.6) is 5.75 Å². The summed E-state index contributed by atoms with van der Waals surface area (Å²) in [5.41, 5.74) is 7.53. The van der Waals surface area contributed by atoms with Gasteiger partial charge in [0.25, 0.3) is 0 Å². The van der Waals surface area contributed by atoms with Gasteiger partial charge in [0.2, 0.25) is 0 Å². The quantitative estimate of drug-likeness (QED) is 0.606. The molecule has 8 nitrogen and oxygen atoms in total. The van der Waals surface area contributed by atoms with Gasteiger partial charge in [-0.15, -0.1) is 0 Å². The lowest BCUT2D eigenvalue weighted by Gasteiger charge is -2.10. The Bertz CT molecular complexity index is 838. The van der Waals surface area contributed by atoms with Crippen molar-refractivity contribution >= 4 is 17.2 Å². The smallest absolute Gasteiger partial charge is 0.348 e. The second-order valence-electron chi connectivity index (χ2n) is 4.46. The van der Waals surface area contributed by atoms with E-state index >= 15 is 0 Å². The number of nitrogens with one attached hydrogen (secondary N) is 2. The van der Waals surface area contributed by atoms with E-state index in [1.54, 1.807) is 19.2 Å². The summed E-state index contributed by atoms with van der Waals surface area (Å²) in [5.74, 6) is 1.35. The minimum Gasteiger partial charge on any atom is -0.496 e. The van der Waals surface area contributed by atoms with Crippen LogP contribution >= 0.6 is 0 Å². The fraction of sp³-hybridized carbons (Fsp3) is 0.154. The maximum Gasteiger partial charge on any atom is 0.348 e. The molecule has 2 heterocycles. The van der Waals surface area contributed by atoms with Crippen molar-refractivity contribution in [2.45, 2.75) is 6.54 Å². The van der Waals surface area contributed by atoms with Gasteiger partial charge in [0.15, 0.2) is 5.65 Å². The highest BCUT2D eigenvalue weighted by Gasteiger charge is 2.05. The fourth-order valence-electron chi connectivity index (χ4n) is 2.03. The van der Waals surface area contributed by atoms with Crippen molar-refractivity contribution in [3.63, 3.8) is 0 Å². The predicted octanol–water partition coefficient (Wildman–Crippen LogP) is 0.620. The molecule has 3 aromatic rings. The molecule has 0 aliphatic rings. The van der Waals surface area contributed by atoms with E-state index in [9.17, 15) is 4.79 Å². The number of benzene rings is 1. The number of nitrogens with two attached hydrogens (primary N) is 1. The number of rotatable bonds is 4. The summed E-state index contributed by atoms with van der Waals surface area (Å²) in [7, 11) is 1.61. The van der Waals surface area contributed by atoms with E-state index in [1.807, 2.05) is 12.1 Å². The molecule has 0 fully saturated rings. The van der Waals surface area contributed by atoms with Crippen LogP contribution in [0.3, 0.4) is 0 Å². The van der Waals surface area contributed by atoms with Gasteiger partial charge in [-0.2, -0.15) is 5.10 Å². The van der Waals surface area contributed by atoms with E-state index < -0.39 is 0 Å². The third-order valence-corrected chi connectivity index (χ3v) is 3.07. The van der Waals surface area contributed by atoms with Gasteiger partial charge < -0.3 is 15.8 Å². The molecule has 21 heavy (non-hydrogen) atoms. The molecule has 0 radical (unpaired) electrons. The number of nitrogen functional groups attached to an aromatic ring is 1. The number of hydrogen-bond donors (Lipinski definition) is 3. The van der Waals surface area contributed by atoms with Gasteiger partial charge in [0.05, 0.1) is 7.11 Å². The first-order valence-corrected chi connectivity index (χ1v) is 6.26. The predicted molar refractivity (Wildman–Crippen MR) is 78.3 cm³/mol. The molecule has 0 atom stereocenters. The van der Waals surface area contributed by atoms with Crippen LogP contribution in [0.4, 0.5) is 11.5 Å². The number of methoxy groups -OCH3 is 1. The molecule has 3 rings (SSSR count). The molecule has 0 bridgehead atoms. The maximum absolute atomic E-state index is 11.3. The summed E-state index contributed by atoms with van der Waals surface area (Å²) in [6.45, 7) is 0.492. The van der Waals surface area contributed by atoms with E-state index in [0.717, 1.165) is 11.3 Å². The van der Waals surface area contributed by atoms with Crippen LogP contribution in [-0.2, 0) is 6.54 Å². The Hall–Kier alpha value is -3.03. The molecule has 0 saturated heterocycles. The Morgan fingerprint density at radius 2 is 2.29 bits per heavy atom. The average molecular weight is 286 g/mol. The van der Waals surface area contributed by atoms with Crippen molar-refractivity contribution in [2.24, 2.45) is 0 Å². The normalized spacial score (nSPS) is 10.7.